The second-order valence-electron chi connectivity index (χ2n) is 7.02. The van der Waals surface area contributed by atoms with Gasteiger partial charge in [0.1, 0.15) is 0 Å². The van der Waals surface area contributed by atoms with Crippen molar-refractivity contribution >= 4 is 11.8 Å². The molecule has 2 aliphatic heterocycles. The zero-order valence-corrected chi connectivity index (χ0v) is 14.9. The molecule has 2 saturated heterocycles. The summed E-state index contributed by atoms with van der Waals surface area (Å²) in [6, 6.07) is 4.23. The van der Waals surface area contributed by atoms with Crippen molar-refractivity contribution in [2.75, 3.05) is 26.2 Å². The van der Waals surface area contributed by atoms with Gasteiger partial charge in [-0.25, -0.2) is 0 Å². The van der Waals surface area contributed by atoms with Crippen LogP contribution < -0.4 is 5.32 Å². The monoisotopic (exact) mass is 384 g/mol. The standard InChI is InChI=1S/C19H23F3N2O3/c20-19(21,22)15-5-3-14(4-6-15)18(26)24-9-7-13(8-10-24)17(25)23-12-16-2-1-11-27-16/h3-6,13,16H,1-2,7-12H2,(H,23,25). The van der Waals surface area contributed by atoms with Crippen LogP contribution in [0.2, 0.25) is 0 Å². The molecule has 2 aliphatic rings. The van der Waals surface area contributed by atoms with E-state index in [9.17, 15) is 22.8 Å². The summed E-state index contributed by atoms with van der Waals surface area (Å²) in [5.41, 5.74) is -0.551. The van der Waals surface area contributed by atoms with Gasteiger partial charge in [0, 0.05) is 37.7 Å². The molecule has 0 saturated carbocycles. The lowest BCUT2D eigenvalue weighted by molar-refractivity contribution is -0.137. The van der Waals surface area contributed by atoms with E-state index in [1.807, 2.05) is 0 Å². The summed E-state index contributed by atoms with van der Waals surface area (Å²) >= 11 is 0. The molecule has 3 rings (SSSR count). The maximum Gasteiger partial charge on any atom is 0.416 e. The number of carbonyl (C=O) groups is 2. The smallest absolute Gasteiger partial charge is 0.376 e. The Morgan fingerprint density at radius 3 is 2.33 bits per heavy atom. The third-order valence-electron chi connectivity index (χ3n) is 5.14. The fraction of sp³-hybridized carbons (Fsp3) is 0.579. The number of hydrogen-bond acceptors (Lipinski definition) is 3. The van der Waals surface area contributed by atoms with Crippen molar-refractivity contribution in [2.45, 2.75) is 38.0 Å². The third kappa shape index (κ3) is 5.00. The van der Waals surface area contributed by atoms with Crippen LogP contribution >= 0.6 is 0 Å². The molecular weight excluding hydrogens is 361 g/mol. The van der Waals surface area contributed by atoms with Gasteiger partial charge in [-0.15, -0.1) is 0 Å². The van der Waals surface area contributed by atoms with Crippen LogP contribution in [-0.4, -0.2) is 49.1 Å². The average molecular weight is 384 g/mol. The maximum atomic E-state index is 12.6. The lowest BCUT2D eigenvalue weighted by Gasteiger charge is -2.31. The minimum atomic E-state index is -4.42. The molecular formula is C19H23F3N2O3. The molecule has 2 fully saturated rings. The van der Waals surface area contributed by atoms with Gasteiger partial charge in [0.2, 0.25) is 5.91 Å². The van der Waals surface area contributed by atoms with E-state index in [0.717, 1.165) is 31.6 Å². The number of rotatable bonds is 4. The van der Waals surface area contributed by atoms with Crippen LogP contribution in [0.15, 0.2) is 24.3 Å². The molecule has 2 heterocycles. The Hall–Kier alpha value is -2.09. The molecule has 148 valence electrons. The van der Waals surface area contributed by atoms with Crippen LogP contribution in [0, 0.1) is 5.92 Å². The molecule has 1 unspecified atom stereocenters. The predicted molar refractivity (Wildman–Crippen MR) is 92.1 cm³/mol. The zero-order chi connectivity index (χ0) is 19.4. The normalized spacial score (nSPS) is 21.3. The molecule has 2 amide bonds. The number of alkyl halides is 3. The number of likely N-dealkylation sites (tertiary alicyclic amines) is 1. The highest BCUT2D eigenvalue weighted by atomic mass is 19.4. The lowest BCUT2D eigenvalue weighted by Crippen LogP contribution is -2.44. The first-order chi connectivity index (χ1) is 12.8. The summed E-state index contributed by atoms with van der Waals surface area (Å²) in [4.78, 5) is 26.3. The van der Waals surface area contributed by atoms with Crippen LogP contribution in [-0.2, 0) is 15.7 Å². The van der Waals surface area contributed by atoms with Crippen molar-refractivity contribution in [3.05, 3.63) is 35.4 Å². The van der Waals surface area contributed by atoms with Crippen LogP contribution in [0.3, 0.4) is 0 Å². The Balaban J connectivity index is 1.48. The summed E-state index contributed by atoms with van der Waals surface area (Å²) in [6.07, 6.45) is -1.26. The number of ether oxygens (including phenoxy) is 1. The lowest BCUT2D eigenvalue weighted by atomic mass is 9.95. The minimum Gasteiger partial charge on any atom is -0.376 e. The van der Waals surface area contributed by atoms with Crippen LogP contribution in [0.4, 0.5) is 13.2 Å². The average Bonchev–Trinajstić information content (AvgIpc) is 3.19. The van der Waals surface area contributed by atoms with Crippen molar-refractivity contribution in [1.82, 2.24) is 10.2 Å². The predicted octanol–water partition coefficient (Wildman–Crippen LogP) is 2.85. The summed E-state index contributed by atoms with van der Waals surface area (Å²) in [6.45, 7) is 2.09. The van der Waals surface area contributed by atoms with E-state index in [2.05, 4.69) is 5.32 Å². The summed E-state index contributed by atoms with van der Waals surface area (Å²) in [5.74, 6) is -0.475. The fourth-order valence-corrected chi connectivity index (χ4v) is 3.49. The zero-order valence-electron chi connectivity index (χ0n) is 14.9. The van der Waals surface area contributed by atoms with Crippen LogP contribution in [0.5, 0.6) is 0 Å². The largest absolute Gasteiger partial charge is 0.416 e. The van der Waals surface area contributed by atoms with Crippen molar-refractivity contribution < 1.29 is 27.5 Å². The van der Waals surface area contributed by atoms with E-state index >= 15 is 0 Å². The number of carbonyl (C=O) groups excluding carboxylic acids is 2. The summed E-state index contributed by atoms with van der Waals surface area (Å²) in [7, 11) is 0. The number of piperidine rings is 1. The quantitative estimate of drug-likeness (QED) is 0.869. The van der Waals surface area contributed by atoms with E-state index < -0.39 is 11.7 Å². The number of hydrogen-bond donors (Lipinski definition) is 1. The summed E-state index contributed by atoms with van der Waals surface area (Å²) in [5, 5.41) is 2.92. The van der Waals surface area contributed by atoms with Gasteiger partial charge in [-0.3, -0.25) is 9.59 Å². The maximum absolute atomic E-state index is 12.6. The molecule has 27 heavy (non-hydrogen) atoms. The van der Waals surface area contributed by atoms with Gasteiger partial charge in [-0.2, -0.15) is 13.2 Å². The highest BCUT2D eigenvalue weighted by Crippen LogP contribution is 2.29. The van der Waals surface area contributed by atoms with Crippen LogP contribution in [0.1, 0.15) is 41.6 Å². The topological polar surface area (TPSA) is 58.6 Å². The summed E-state index contributed by atoms with van der Waals surface area (Å²) < 4.78 is 43.3. The Morgan fingerprint density at radius 1 is 1.11 bits per heavy atom. The molecule has 1 atom stereocenters. The number of nitrogens with one attached hydrogen (secondary N) is 1. The Bertz CT molecular complexity index is 662. The van der Waals surface area contributed by atoms with Gasteiger partial charge < -0.3 is 15.0 Å². The second kappa shape index (κ2) is 8.29. The second-order valence-corrected chi connectivity index (χ2v) is 7.02. The van der Waals surface area contributed by atoms with Crippen molar-refractivity contribution in [3.8, 4) is 0 Å². The minimum absolute atomic E-state index is 0.0212. The third-order valence-corrected chi connectivity index (χ3v) is 5.14. The van der Waals surface area contributed by atoms with Gasteiger partial charge in [0.05, 0.1) is 11.7 Å². The van der Waals surface area contributed by atoms with Crippen molar-refractivity contribution in [2.24, 2.45) is 5.92 Å². The Kier molecular flexibility index (Phi) is 6.04. The van der Waals surface area contributed by atoms with E-state index in [0.29, 0.717) is 32.5 Å². The van der Waals surface area contributed by atoms with Crippen molar-refractivity contribution in [3.63, 3.8) is 0 Å². The number of amides is 2. The molecule has 0 spiro atoms. The molecule has 0 radical (unpaired) electrons. The van der Waals surface area contributed by atoms with Crippen molar-refractivity contribution in [1.29, 1.82) is 0 Å². The van der Waals surface area contributed by atoms with Gasteiger partial charge in [-0.05, 0) is 49.9 Å². The fourth-order valence-electron chi connectivity index (χ4n) is 3.49. The number of halogens is 3. The number of benzene rings is 1. The molecule has 0 bridgehead atoms. The molecule has 1 N–H and O–H groups in total. The van der Waals surface area contributed by atoms with E-state index in [-0.39, 0.29) is 29.4 Å². The Morgan fingerprint density at radius 2 is 1.78 bits per heavy atom. The number of nitrogens with zero attached hydrogens (tertiary/aromatic N) is 1. The molecule has 8 heteroatoms. The van der Waals surface area contributed by atoms with Gasteiger partial charge in [0.25, 0.3) is 5.91 Å². The molecule has 1 aromatic rings. The van der Waals surface area contributed by atoms with Gasteiger partial charge in [-0.1, -0.05) is 0 Å². The SMILES string of the molecule is O=C(NCC1CCCO1)C1CCN(C(=O)c2ccc(C(F)(F)F)cc2)CC1. The molecule has 5 nitrogen and oxygen atoms in total. The molecule has 1 aromatic carbocycles. The Labute approximate surface area is 155 Å². The first-order valence-electron chi connectivity index (χ1n) is 9.20. The first-order valence-corrected chi connectivity index (χ1v) is 9.20. The van der Waals surface area contributed by atoms with Gasteiger partial charge in [0.15, 0.2) is 0 Å². The van der Waals surface area contributed by atoms with E-state index in [4.69, 9.17) is 4.74 Å². The molecule has 0 aliphatic carbocycles. The highest BCUT2D eigenvalue weighted by molar-refractivity contribution is 5.94. The molecule has 0 aromatic heterocycles. The van der Waals surface area contributed by atoms with Gasteiger partial charge >= 0.3 is 6.18 Å². The highest BCUT2D eigenvalue weighted by Gasteiger charge is 2.31. The first kappa shape index (κ1) is 19.7. The van der Waals surface area contributed by atoms with Crippen LogP contribution in [0.25, 0.3) is 0 Å². The van der Waals surface area contributed by atoms with E-state index in [1.54, 1.807) is 4.90 Å². The van der Waals surface area contributed by atoms with E-state index in [1.165, 1.54) is 12.1 Å².